The number of carbonyl (C=O) groups excluding carboxylic acids is 1. The Morgan fingerprint density at radius 2 is 1.90 bits per heavy atom. The van der Waals surface area contributed by atoms with Crippen LogP contribution < -0.4 is 0 Å². The van der Waals surface area contributed by atoms with Crippen LogP contribution in [0.1, 0.15) is 31.9 Å². The van der Waals surface area contributed by atoms with Gasteiger partial charge in [0, 0.05) is 18.8 Å². The molecule has 0 aromatic heterocycles. The van der Waals surface area contributed by atoms with Gasteiger partial charge in [-0.05, 0) is 23.8 Å². The molecule has 0 saturated carbocycles. The van der Waals surface area contributed by atoms with Crippen LogP contribution in [-0.2, 0) is 4.79 Å². The van der Waals surface area contributed by atoms with Crippen molar-refractivity contribution in [3.8, 4) is 0 Å². The summed E-state index contributed by atoms with van der Waals surface area (Å²) in [5.41, 5.74) is 0.915. The van der Waals surface area contributed by atoms with Gasteiger partial charge in [0.1, 0.15) is 0 Å². The molecule has 1 aromatic carbocycles. The van der Waals surface area contributed by atoms with Crippen LogP contribution in [0.4, 0.5) is 0 Å². The first kappa shape index (κ1) is 16.4. The van der Waals surface area contributed by atoms with Crippen molar-refractivity contribution in [2.45, 2.75) is 26.4 Å². The van der Waals surface area contributed by atoms with Crippen LogP contribution in [0.5, 0.6) is 0 Å². The summed E-state index contributed by atoms with van der Waals surface area (Å²) in [4.78, 5) is 14.2. The smallest absolute Gasteiger partial charge is 0.232 e. The van der Waals surface area contributed by atoms with Crippen molar-refractivity contribution in [1.82, 2.24) is 4.90 Å². The fourth-order valence-electron chi connectivity index (χ4n) is 2.99. The molecule has 1 aromatic rings. The topological polar surface area (TPSA) is 40.5 Å². The Labute approximate surface area is 131 Å². The van der Waals surface area contributed by atoms with Crippen LogP contribution in [0, 0.1) is 11.8 Å². The zero-order chi connectivity index (χ0) is 15.2. The monoisotopic (exact) mass is 307 g/mol. The highest BCUT2D eigenvalue weighted by molar-refractivity contribution is 7.99. The first-order chi connectivity index (χ1) is 10.1. The highest BCUT2D eigenvalue weighted by Crippen LogP contribution is 2.23. The predicted molar refractivity (Wildman–Crippen MR) is 88.3 cm³/mol. The lowest BCUT2D eigenvalue weighted by molar-refractivity contribution is -0.130. The Bertz CT molecular complexity index is 441. The zero-order valence-corrected chi connectivity index (χ0v) is 13.7. The van der Waals surface area contributed by atoms with E-state index in [0.717, 1.165) is 18.7 Å². The van der Waals surface area contributed by atoms with Crippen molar-refractivity contribution in [1.29, 1.82) is 0 Å². The lowest BCUT2D eigenvalue weighted by atomic mass is 9.92. The van der Waals surface area contributed by atoms with Gasteiger partial charge in [-0.25, -0.2) is 0 Å². The molecule has 0 spiro atoms. The fourth-order valence-corrected chi connectivity index (χ4v) is 3.88. The lowest BCUT2D eigenvalue weighted by Crippen LogP contribution is -2.43. The Morgan fingerprint density at radius 3 is 2.52 bits per heavy atom. The number of hydrogen-bond acceptors (Lipinski definition) is 3. The van der Waals surface area contributed by atoms with E-state index in [1.807, 2.05) is 35.2 Å². The number of piperidine rings is 1. The third kappa shape index (κ3) is 5.04. The van der Waals surface area contributed by atoms with E-state index in [0.29, 0.717) is 23.3 Å². The van der Waals surface area contributed by atoms with Gasteiger partial charge in [0.2, 0.25) is 5.91 Å². The second-order valence-corrected chi connectivity index (χ2v) is 7.22. The van der Waals surface area contributed by atoms with Crippen molar-refractivity contribution in [2.75, 3.05) is 24.6 Å². The third-order valence-corrected chi connectivity index (χ3v) is 4.91. The van der Waals surface area contributed by atoms with Crippen molar-refractivity contribution in [3.05, 3.63) is 35.9 Å². The third-order valence-electron chi connectivity index (χ3n) is 3.91. The first-order valence-electron chi connectivity index (χ1n) is 7.64. The van der Waals surface area contributed by atoms with Gasteiger partial charge in [0.05, 0.1) is 11.9 Å². The Kier molecular flexibility index (Phi) is 6.12. The SMILES string of the molecule is CC1CC(C)CN(C(=O)CSCC(O)c2ccccc2)C1. The Morgan fingerprint density at radius 1 is 1.29 bits per heavy atom. The minimum Gasteiger partial charge on any atom is -0.388 e. The van der Waals surface area contributed by atoms with Gasteiger partial charge in [0.15, 0.2) is 0 Å². The van der Waals surface area contributed by atoms with Gasteiger partial charge in [-0.2, -0.15) is 0 Å². The minimum absolute atomic E-state index is 0.207. The minimum atomic E-state index is -0.497. The summed E-state index contributed by atoms with van der Waals surface area (Å²) < 4.78 is 0. The van der Waals surface area contributed by atoms with Gasteiger partial charge in [-0.3, -0.25) is 4.79 Å². The van der Waals surface area contributed by atoms with Gasteiger partial charge in [-0.1, -0.05) is 44.2 Å². The van der Waals surface area contributed by atoms with Crippen LogP contribution in [0.25, 0.3) is 0 Å². The van der Waals surface area contributed by atoms with Crippen molar-refractivity contribution in [3.63, 3.8) is 0 Å². The number of amides is 1. The van der Waals surface area contributed by atoms with Crippen LogP contribution in [0.3, 0.4) is 0 Å². The molecule has 3 nitrogen and oxygen atoms in total. The molecule has 1 aliphatic rings. The maximum Gasteiger partial charge on any atom is 0.232 e. The molecule has 3 unspecified atom stereocenters. The number of thioether (sulfide) groups is 1. The quantitative estimate of drug-likeness (QED) is 0.909. The summed E-state index contributed by atoms with van der Waals surface area (Å²) in [6, 6.07) is 9.61. The highest BCUT2D eigenvalue weighted by atomic mass is 32.2. The van der Waals surface area contributed by atoms with E-state index >= 15 is 0 Å². The number of likely N-dealkylation sites (tertiary alicyclic amines) is 1. The number of benzene rings is 1. The molecule has 3 atom stereocenters. The first-order valence-corrected chi connectivity index (χ1v) is 8.80. The summed E-state index contributed by atoms with van der Waals surface area (Å²) in [5, 5.41) is 10.1. The van der Waals surface area contributed by atoms with E-state index in [9.17, 15) is 9.90 Å². The molecule has 21 heavy (non-hydrogen) atoms. The maximum absolute atomic E-state index is 12.2. The molecular weight excluding hydrogens is 282 g/mol. The Balaban J connectivity index is 1.74. The van der Waals surface area contributed by atoms with E-state index in [4.69, 9.17) is 0 Å². The molecule has 116 valence electrons. The van der Waals surface area contributed by atoms with Gasteiger partial charge < -0.3 is 10.0 Å². The maximum atomic E-state index is 12.2. The van der Waals surface area contributed by atoms with Crippen molar-refractivity contribution in [2.24, 2.45) is 11.8 Å². The summed E-state index contributed by atoms with van der Waals surface area (Å²) in [7, 11) is 0. The molecule has 0 bridgehead atoms. The molecule has 1 saturated heterocycles. The average Bonchev–Trinajstić information content (AvgIpc) is 2.47. The predicted octanol–water partition coefficient (Wildman–Crippen LogP) is 2.96. The van der Waals surface area contributed by atoms with Crippen LogP contribution in [-0.4, -0.2) is 40.5 Å². The summed E-state index contributed by atoms with van der Waals surface area (Å²) in [6.07, 6.45) is 0.715. The molecule has 0 radical (unpaired) electrons. The molecule has 2 rings (SSSR count). The van der Waals surface area contributed by atoms with Crippen molar-refractivity contribution >= 4 is 17.7 Å². The van der Waals surface area contributed by atoms with Gasteiger partial charge in [-0.15, -0.1) is 11.8 Å². The van der Waals surface area contributed by atoms with E-state index in [1.165, 1.54) is 18.2 Å². The molecule has 1 heterocycles. The lowest BCUT2D eigenvalue weighted by Gasteiger charge is -2.35. The molecule has 1 aliphatic heterocycles. The largest absolute Gasteiger partial charge is 0.388 e. The summed E-state index contributed by atoms with van der Waals surface area (Å²) in [5.74, 6) is 2.42. The number of carbonyl (C=O) groups is 1. The molecule has 1 amide bonds. The number of aliphatic hydroxyl groups is 1. The molecule has 1 N–H and O–H groups in total. The van der Waals surface area contributed by atoms with Crippen LogP contribution in [0.15, 0.2) is 30.3 Å². The van der Waals surface area contributed by atoms with E-state index in [2.05, 4.69) is 13.8 Å². The second-order valence-electron chi connectivity index (χ2n) is 6.19. The van der Waals surface area contributed by atoms with E-state index < -0.39 is 6.10 Å². The molecule has 0 aliphatic carbocycles. The number of nitrogens with zero attached hydrogens (tertiary/aromatic N) is 1. The average molecular weight is 307 g/mol. The number of aliphatic hydroxyl groups excluding tert-OH is 1. The molecule has 4 heteroatoms. The van der Waals surface area contributed by atoms with Crippen LogP contribution >= 0.6 is 11.8 Å². The Hall–Kier alpha value is -1.00. The fraction of sp³-hybridized carbons (Fsp3) is 0.588. The highest BCUT2D eigenvalue weighted by Gasteiger charge is 2.25. The number of hydrogen-bond donors (Lipinski definition) is 1. The number of rotatable bonds is 5. The summed E-state index contributed by atoms with van der Waals surface area (Å²) in [6.45, 7) is 6.18. The van der Waals surface area contributed by atoms with Gasteiger partial charge in [0.25, 0.3) is 0 Å². The molecule has 1 fully saturated rings. The summed E-state index contributed by atoms with van der Waals surface area (Å²) >= 11 is 1.52. The standard InChI is InChI=1S/C17H25NO2S/c1-13-8-14(2)10-18(9-13)17(20)12-21-11-16(19)15-6-4-3-5-7-15/h3-7,13-14,16,19H,8-12H2,1-2H3. The van der Waals surface area contributed by atoms with E-state index in [1.54, 1.807) is 0 Å². The molecular formula is C17H25NO2S. The van der Waals surface area contributed by atoms with Crippen molar-refractivity contribution < 1.29 is 9.90 Å². The van der Waals surface area contributed by atoms with Gasteiger partial charge >= 0.3 is 0 Å². The zero-order valence-electron chi connectivity index (χ0n) is 12.9. The normalized spacial score (nSPS) is 23.9. The van der Waals surface area contributed by atoms with Crippen LogP contribution in [0.2, 0.25) is 0 Å². The second kappa shape index (κ2) is 7.85. The van der Waals surface area contributed by atoms with E-state index in [-0.39, 0.29) is 5.91 Å².